The molecule has 0 N–H and O–H groups in total. The van der Waals surface area contributed by atoms with Crippen molar-refractivity contribution in [1.29, 1.82) is 5.26 Å². The minimum Gasteiger partial charge on any atom is -0.495 e. The molecule has 1 heterocycles. The number of methoxy groups -OCH3 is 1. The van der Waals surface area contributed by atoms with Gasteiger partial charge in [0.25, 0.3) is 0 Å². The molecule has 0 fully saturated rings. The Labute approximate surface area is 181 Å². The van der Waals surface area contributed by atoms with Gasteiger partial charge in [0.2, 0.25) is 10.0 Å². The molecule has 8 heteroatoms. The maximum Gasteiger partial charge on any atom is 0.246 e. The summed E-state index contributed by atoms with van der Waals surface area (Å²) < 4.78 is 34.3. The lowest BCUT2D eigenvalue weighted by Crippen LogP contribution is -2.33. The lowest BCUT2D eigenvalue weighted by atomic mass is 9.71. The highest BCUT2D eigenvalue weighted by molar-refractivity contribution is 7.89. The Balaban J connectivity index is 2.10. The predicted octanol–water partition coefficient (Wildman–Crippen LogP) is 3.18. The molecule has 0 bridgehead atoms. The van der Waals surface area contributed by atoms with Crippen LogP contribution in [0.25, 0.3) is 10.9 Å². The van der Waals surface area contributed by atoms with Crippen LogP contribution in [-0.2, 0) is 22.5 Å². The number of aromatic nitrogens is 1. The van der Waals surface area contributed by atoms with Gasteiger partial charge in [-0.15, -0.1) is 0 Å². The van der Waals surface area contributed by atoms with Crippen molar-refractivity contribution in [3.8, 4) is 11.8 Å². The largest absolute Gasteiger partial charge is 0.495 e. The molecule has 1 aromatic heterocycles. The monoisotopic (exact) mass is 437 g/mol. The smallest absolute Gasteiger partial charge is 0.246 e. The molecular weight excluding hydrogens is 414 g/mol. The van der Waals surface area contributed by atoms with Crippen molar-refractivity contribution < 1.29 is 17.9 Å². The molecule has 0 radical (unpaired) electrons. The van der Waals surface area contributed by atoms with Gasteiger partial charge in [-0.3, -0.25) is 4.79 Å². The fraction of sp³-hybridized carbons (Fsp3) is 0.304. The van der Waals surface area contributed by atoms with Gasteiger partial charge >= 0.3 is 0 Å². The normalized spacial score (nSPS) is 15.0. The van der Waals surface area contributed by atoms with Crippen LogP contribution in [0, 0.1) is 11.3 Å². The van der Waals surface area contributed by atoms with Crippen LogP contribution < -0.4 is 4.74 Å². The Morgan fingerprint density at radius 3 is 2.42 bits per heavy atom. The Morgan fingerprint density at radius 1 is 1.16 bits per heavy atom. The third-order valence-electron chi connectivity index (χ3n) is 6.13. The Bertz CT molecular complexity index is 1420. The average molecular weight is 438 g/mol. The van der Waals surface area contributed by atoms with Gasteiger partial charge in [-0.1, -0.05) is 19.9 Å². The van der Waals surface area contributed by atoms with Crippen molar-refractivity contribution >= 4 is 26.7 Å². The van der Waals surface area contributed by atoms with E-state index in [1.54, 1.807) is 24.3 Å². The maximum absolute atomic E-state index is 13.7. The minimum absolute atomic E-state index is 0.0432. The summed E-state index contributed by atoms with van der Waals surface area (Å²) >= 11 is 0. The number of ketones is 1. The Hall–Kier alpha value is -3.15. The van der Waals surface area contributed by atoms with Gasteiger partial charge in [0.15, 0.2) is 5.78 Å². The molecule has 4 rings (SSSR count). The SMILES string of the molecule is COc1cc2c(cc1S(=O)(=O)N(C)C)C(=O)c1c(n(C)c3cc(C#N)ccc13)C2(C)C. The number of carbonyl (C=O) groups excluding carboxylic acids is 1. The number of carbonyl (C=O) groups is 1. The summed E-state index contributed by atoms with van der Waals surface area (Å²) in [6.45, 7) is 4.00. The number of nitrogens with zero attached hydrogens (tertiary/aromatic N) is 3. The third-order valence-corrected chi connectivity index (χ3v) is 7.97. The lowest BCUT2D eigenvalue weighted by molar-refractivity contribution is 0.103. The Morgan fingerprint density at radius 2 is 1.84 bits per heavy atom. The summed E-state index contributed by atoms with van der Waals surface area (Å²) in [7, 11) is 2.35. The van der Waals surface area contributed by atoms with E-state index < -0.39 is 15.4 Å². The first-order valence-corrected chi connectivity index (χ1v) is 11.1. The van der Waals surface area contributed by atoms with Crippen LogP contribution in [-0.4, -0.2) is 44.3 Å². The highest BCUT2D eigenvalue weighted by Crippen LogP contribution is 2.47. The number of aryl methyl sites for hydroxylation is 1. The van der Waals surface area contributed by atoms with Crippen LogP contribution in [0.1, 0.15) is 46.6 Å². The highest BCUT2D eigenvalue weighted by Gasteiger charge is 2.42. The molecule has 1 aliphatic rings. The summed E-state index contributed by atoms with van der Waals surface area (Å²) in [5, 5.41) is 10.0. The average Bonchev–Trinajstić information content (AvgIpc) is 3.04. The van der Waals surface area contributed by atoms with Crippen molar-refractivity contribution in [3.05, 3.63) is 58.3 Å². The molecule has 7 nitrogen and oxygen atoms in total. The summed E-state index contributed by atoms with van der Waals surface area (Å²) in [6.07, 6.45) is 0. The van der Waals surface area contributed by atoms with E-state index in [1.165, 1.54) is 27.3 Å². The number of hydrogen-bond acceptors (Lipinski definition) is 5. The second-order valence-electron chi connectivity index (χ2n) is 8.42. The molecule has 0 unspecified atom stereocenters. The fourth-order valence-electron chi connectivity index (χ4n) is 4.55. The van der Waals surface area contributed by atoms with E-state index in [4.69, 9.17) is 4.74 Å². The molecule has 0 saturated heterocycles. The highest BCUT2D eigenvalue weighted by atomic mass is 32.2. The van der Waals surface area contributed by atoms with Crippen LogP contribution in [0.5, 0.6) is 5.75 Å². The molecule has 0 saturated carbocycles. The molecule has 0 aliphatic heterocycles. The van der Waals surface area contributed by atoms with E-state index >= 15 is 0 Å². The van der Waals surface area contributed by atoms with Gasteiger partial charge in [0.1, 0.15) is 10.6 Å². The van der Waals surface area contributed by atoms with Gasteiger partial charge in [0.05, 0.1) is 29.8 Å². The molecule has 0 spiro atoms. The Kier molecular flexibility index (Phi) is 4.54. The number of fused-ring (bicyclic) bond motifs is 4. The molecule has 0 amide bonds. The van der Waals surface area contributed by atoms with Gasteiger partial charge in [-0.25, -0.2) is 12.7 Å². The first-order valence-electron chi connectivity index (χ1n) is 9.69. The lowest BCUT2D eigenvalue weighted by Gasteiger charge is -2.34. The summed E-state index contributed by atoms with van der Waals surface area (Å²) in [6, 6.07) is 10.5. The second kappa shape index (κ2) is 6.67. The van der Waals surface area contributed by atoms with Crippen molar-refractivity contribution in [2.45, 2.75) is 24.2 Å². The maximum atomic E-state index is 13.7. The van der Waals surface area contributed by atoms with Gasteiger partial charge in [0, 0.05) is 43.2 Å². The van der Waals surface area contributed by atoms with Crippen molar-refractivity contribution in [2.24, 2.45) is 7.05 Å². The van der Waals surface area contributed by atoms with E-state index in [9.17, 15) is 18.5 Å². The van der Waals surface area contributed by atoms with E-state index in [0.29, 0.717) is 22.3 Å². The van der Waals surface area contributed by atoms with E-state index in [-0.39, 0.29) is 16.4 Å². The minimum atomic E-state index is -3.82. The zero-order chi connectivity index (χ0) is 22.9. The van der Waals surface area contributed by atoms with Crippen LogP contribution in [0.2, 0.25) is 0 Å². The van der Waals surface area contributed by atoms with Crippen LogP contribution >= 0.6 is 0 Å². The molecular formula is C23H23N3O4S. The van der Waals surface area contributed by atoms with Crippen LogP contribution in [0.4, 0.5) is 0 Å². The zero-order valence-corrected chi connectivity index (χ0v) is 19.1. The van der Waals surface area contributed by atoms with Crippen molar-refractivity contribution in [2.75, 3.05) is 21.2 Å². The fourth-order valence-corrected chi connectivity index (χ4v) is 5.61. The first kappa shape index (κ1) is 21.1. The van der Waals surface area contributed by atoms with Gasteiger partial charge in [-0.2, -0.15) is 5.26 Å². The van der Waals surface area contributed by atoms with E-state index in [0.717, 1.165) is 20.9 Å². The molecule has 2 aromatic carbocycles. The number of rotatable bonds is 3. The van der Waals surface area contributed by atoms with E-state index in [2.05, 4.69) is 6.07 Å². The predicted molar refractivity (Wildman–Crippen MR) is 117 cm³/mol. The number of ether oxygens (including phenoxy) is 1. The summed E-state index contributed by atoms with van der Waals surface area (Å²) in [4.78, 5) is 13.7. The number of sulfonamides is 1. The molecule has 1 aliphatic carbocycles. The third kappa shape index (κ3) is 2.74. The number of benzene rings is 2. The van der Waals surface area contributed by atoms with Crippen molar-refractivity contribution in [3.63, 3.8) is 0 Å². The van der Waals surface area contributed by atoms with Crippen LogP contribution in [0.15, 0.2) is 35.2 Å². The topological polar surface area (TPSA) is 92.4 Å². The van der Waals surface area contributed by atoms with Crippen molar-refractivity contribution in [1.82, 2.24) is 8.87 Å². The number of nitriles is 1. The number of hydrogen-bond donors (Lipinski definition) is 0. The first-order chi connectivity index (χ1) is 14.5. The second-order valence-corrected chi connectivity index (χ2v) is 10.5. The summed E-state index contributed by atoms with van der Waals surface area (Å²) in [5.74, 6) is -0.0419. The summed E-state index contributed by atoms with van der Waals surface area (Å²) in [5.41, 5.74) is 3.09. The standard InChI is InChI=1S/C23H23N3O4S/c1-23(2)16-11-18(30-6)19(31(28,29)25(3)4)10-15(16)21(27)20-14-8-7-13(12-24)9-17(14)26(5)22(20)23/h7-11H,1-6H3. The zero-order valence-electron chi connectivity index (χ0n) is 18.3. The van der Waals surface area contributed by atoms with Gasteiger partial charge in [-0.05, 0) is 29.8 Å². The van der Waals surface area contributed by atoms with Gasteiger partial charge < -0.3 is 9.30 Å². The van der Waals surface area contributed by atoms with Crippen LogP contribution in [0.3, 0.4) is 0 Å². The molecule has 3 aromatic rings. The molecule has 160 valence electrons. The molecule has 31 heavy (non-hydrogen) atoms. The molecule has 0 atom stereocenters. The van der Waals surface area contributed by atoms with E-state index in [1.807, 2.05) is 25.5 Å². The quantitative estimate of drug-likeness (QED) is 0.628.